The summed E-state index contributed by atoms with van der Waals surface area (Å²) in [6, 6.07) is 8.34. The fourth-order valence-electron chi connectivity index (χ4n) is 5.74. The van der Waals surface area contributed by atoms with Gasteiger partial charge in [0.1, 0.15) is 24.6 Å². The van der Waals surface area contributed by atoms with E-state index in [2.05, 4.69) is 55.5 Å². The van der Waals surface area contributed by atoms with Crippen molar-refractivity contribution < 1.29 is 9.68 Å². The number of hydrogen-bond acceptors (Lipinski definition) is 6. The molecule has 6 heteroatoms. The van der Waals surface area contributed by atoms with Gasteiger partial charge in [-0.3, -0.25) is 0 Å². The van der Waals surface area contributed by atoms with Crippen molar-refractivity contribution in [2.75, 3.05) is 13.2 Å². The maximum atomic E-state index is 5.76. The van der Waals surface area contributed by atoms with Crippen molar-refractivity contribution in [2.24, 2.45) is 10.3 Å². The summed E-state index contributed by atoms with van der Waals surface area (Å²) in [6.07, 6.45) is 12.5. The van der Waals surface area contributed by atoms with Gasteiger partial charge in [0.25, 0.3) is 0 Å². The third-order valence-corrected chi connectivity index (χ3v) is 7.88. The van der Waals surface area contributed by atoms with Crippen LogP contribution >= 0.6 is 0 Å². The average molecular weight is 523 g/mol. The van der Waals surface area contributed by atoms with Gasteiger partial charge in [-0.1, -0.05) is 47.7 Å². The van der Waals surface area contributed by atoms with E-state index in [0.29, 0.717) is 19.6 Å². The molecule has 2 aromatic heterocycles. The Morgan fingerprint density at radius 1 is 0.769 bits per heavy atom. The number of rotatable bonds is 8. The minimum atomic E-state index is 0.459. The van der Waals surface area contributed by atoms with Gasteiger partial charge in [0, 0.05) is 17.4 Å². The van der Waals surface area contributed by atoms with E-state index in [0.717, 1.165) is 91.0 Å². The van der Waals surface area contributed by atoms with Crippen LogP contribution < -0.4 is 0 Å². The van der Waals surface area contributed by atoms with Crippen molar-refractivity contribution in [3.63, 3.8) is 0 Å². The number of aryl methyl sites for hydroxylation is 1. The van der Waals surface area contributed by atoms with E-state index in [1.807, 2.05) is 12.1 Å². The van der Waals surface area contributed by atoms with E-state index >= 15 is 0 Å². The zero-order chi connectivity index (χ0) is 27.2. The Morgan fingerprint density at radius 2 is 1.36 bits per heavy atom. The molecule has 2 heterocycles. The monoisotopic (exact) mass is 522 g/mol. The van der Waals surface area contributed by atoms with Crippen LogP contribution in [0.4, 0.5) is 0 Å². The van der Waals surface area contributed by atoms with Crippen LogP contribution in [0, 0.1) is 13.8 Å². The second kappa shape index (κ2) is 12.4. The highest BCUT2D eigenvalue weighted by Crippen LogP contribution is 2.29. The van der Waals surface area contributed by atoms with E-state index in [4.69, 9.17) is 19.6 Å². The molecule has 2 aliphatic rings. The Bertz CT molecular complexity index is 1450. The van der Waals surface area contributed by atoms with Crippen LogP contribution in [0.2, 0.25) is 0 Å². The van der Waals surface area contributed by atoms with Crippen LogP contribution in [-0.2, 0) is 22.5 Å². The number of para-hydroxylation sites is 1. The molecule has 2 aliphatic carbocycles. The van der Waals surface area contributed by atoms with Crippen molar-refractivity contribution in [1.82, 2.24) is 9.97 Å². The minimum Gasteiger partial charge on any atom is -0.395 e. The zero-order valence-electron chi connectivity index (χ0n) is 23.3. The summed E-state index contributed by atoms with van der Waals surface area (Å²) in [5.74, 6) is 0. The van der Waals surface area contributed by atoms with Gasteiger partial charge in [-0.05, 0) is 99.6 Å². The van der Waals surface area contributed by atoms with Crippen LogP contribution in [0.15, 0.2) is 47.7 Å². The second-order valence-electron chi connectivity index (χ2n) is 10.4. The lowest BCUT2D eigenvalue weighted by Gasteiger charge is -2.15. The highest BCUT2D eigenvalue weighted by atomic mass is 16.6. The first-order valence-electron chi connectivity index (χ1n) is 14.2. The number of aromatic nitrogens is 2. The maximum absolute atomic E-state index is 5.76. The summed E-state index contributed by atoms with van der Waals surface area (Å²) in [5.41, 5.74) is 11.8. The van der Waals surface area contributed by atoms with Crippen LogP contribution in [0.5, 0.6) is 0 Å². The molecule has 6 nitrogen and oxygen atoms in total. The summed E-state index contributed by atoms with van der Waals surface area (Å²) in [6.45, 7) is 13.2. The minimum absolute atomic E-state index is 0.459. The molecule has 39 heavy (non-hydrogen) atoms. The molecule has 0 N–H and O–H groups in total. The zero-order valence-corrected chi connectivity index (χ0v) is 23.3. The molecule has 0 spiro atoms. The highest BCUT2D eigenvalue weighted by Gasteiger charge is 2.22. The van der Waals surface area contributed by atoms with Gasteiger partial charge in [-0.2, -0.15) is 0 Å². The Labute approximate surface area is 231 Å². The number of hydrogen-bond donors (Lipinski definition) is 0. The summed E-state index contributed by atoms with van der Waals surface area (Å²) in [7, 11) is 0. The quantitative estimate of drug-likeness (QED) is 0.174. The van der Waals surface area contributed by atoms with Gasteiger partial charge in [-0.15, -0.1) is 0 Å². The molecule has 0 bridgehead atoms. The molecule has 0 aliphatic heterocycles. The maximum Gasteiger partial charge on any atom is 0.120 e. The van der Waals surface area contributed by atoms with E-state index < -0.39 is 0 Å². The van der Waals surface area contributed by atoms with Gasteiger partial charge in [0.15, 0.2) is 0 Å². The van der Waals surface area contributed by atoms with E-state index in [1.54, 1.807) is 6.08 Å². The predicted octanol–water partition coefficient (Wildman–Crippen LogP) is 7.52. The van der Waals surface area contributed by atoms with Crippen molar-refractivity contribution in [3.05, 3.63) is 82.3 Å². The van der Waals surface area contributed by atoms with Crippen LogP contribution in [0.25, 0.3) is 23.1 Å². The van der Waals surface area contributed by atoms with E-state index in [9.17, 15) is 0 Å². The van der Waals surface area contributed by atoms with Crippen molar-refractivity contribution in [2.45, 2.75) is 71.6 Å². The normalized spacial score (nSPS) is 17.3. The third-order valence-electron chi connectivity index (χ3n) is 7.88. The van der Waals surface area contributed by atoms with E-state index in [1.165, 1.54) is 27.6 Å². The molecule has 0 fully saturated rings. The topological polar surface area (TPSA) is 69.0 Å². The lowest BCUT2D eigenvalue weighted by atomic mass is 9.96. The van der Waals surface area contributed by atoms with Crippen LogP contribution in [0.1, 0.15) is 89.8 Å². The summed E-state index contributed by atoms with van der Waals surface area (Å²) in [4.78, 5) is 21.4. The molecule has 0 atom stereocenters. The highest BCUT2D eigenvalue weighted by molar-refractivity contribution is 6.03. The number of nitrogens with zero attached hydrogens (tertiary/aromatic N) is 4. The van der Waals surface area contributed by atoms with Gasteiger partial charge in [-0.25, -0.2) is 9.97 Å². The Kier molecular flexibility index (Phi) is 8.50. The average Bonchev–Trinajstić information content (AvgIpc) is 3.29. The molecule has 0 amide bonds. The summed E-state index contributed by atoms with van der Waals surface area (Å²) >= 11 is 0. The number of oxime groups is 2. The molecule has 0 saturated heterocycles. The van der Waals surface area contributed by atoms with Gasteiger partial charge < -0.3 is 9.68 Å². The summed E-state index contributed by atoms with van der Waals surface area (Å²) < 4.78 is 0. The molecule has 0 saturated carbocycles. The number of pyridine rings is 2. The van der Waals surface area contributed by atoms with Crippen molar-refractivity contribution in [1.29, 1.82) is 0 Å². The van der Waals surface area contributed by atoms with Crippen molar-refractivity contribution in [3.8, 4) is 0 Å². The van der Waals surface area contributed by atoms with Crippen LogP contribution in [0.3, 0.4) is 0 Å². The predicted molar refractivity (Wildman–Crippen MR) is 160 cm³/mol. The Morgan fingerprint density at radius 3 is 2.00 bits per heavy atom. The molecule has 202 valence electrons. The first kappa shape index (κ1) is 26.8. The van der Waals surface area contributed by atoms with Gasteiger partial charge in [0.05, 0.1) is 22.6 Å². The van der Waals surface area contributed by atoms with Gasteiger partial charge >= 0.3 is 0 Å². The molecule has 5 rings (SSSR count). The molecule has 0 unspecified atom stereocenters. The van der Waals surface area contributed by atoms with Crippen molar-refractivity contribution >= 4 is 34.5 Å². The standard InChI is InChI=1S/C33H38N4O2/c1-5-24-22(3)26-15-8-11-18-30(32(26)34-28(24)6-2)36-38-20-13-21-39-37-31-19-12-9-16-27-23(4)25-14-7-10-17-29(25)35-33(27)31/h5-7,10,14,17H,1-2,8-9,11-13,15-16,18-21H2,3-4H3/b36-30+,37-31+. The van der Waals surface area contributed by atoms with Gasteiger partial charge in [0.2, 0.25) is 0 Å². The second-order valence-corrected chi connectivity index (χ2v) is 10.4. The molecule has 3 aromatic rings. The lowest BCUT2D eigenvalue weighted by Crippen LogP contribution is -2.11. The Balaban J connectivity index is 1.23. The molecular formula is C33H38N4O2. The first-order valence-corrected chi connectivity index (χ1v) is 14.2. The smallest absolute Gasteiger partial charge is 0.120 e. The summed E-state index contributed by atoms with van der Waals surface area (Å²) in [5, 5.41) is 10.3. The molecule has 1 aromatic carbocycles. The number of fused-ring (bicyclic) bond motifs is 3. The lowest BCUT2D eigenvalue weighted by molar-refractivity contribution is 0.0896. The van der Waals surface area contributed by atoms with Crippen LogP contribution in [-0.4, -0.2) is 34.6 Å². The SMILES string of the molecule is C=Cc1nc2c(c(C)c1C=C)CCCC/C2=N\OCCCO/N=C1\CCCCc2c1nc1ccccc1c2C. The number of benzene rings is 1. The van der Waals surface area contributed by atoms with E-state index in [-0.39, 0.29) is 0 Å². The third kappa shape index (κ3) is 5.65. The first-order chi connectivity index (χ1) is 19.1. The molecular weight excluding hydrogens is 484 g/mol. The fraction of sp³-hybridized carbons (Fsp3) is 0.394. The molecule has 0 radical (unpaired) electrons. The largest absolute Gasteiger partial charge is 0.395 e. The fourth-order valence-corrected chi connectivity index (χ4v) is 5.74. The Hall–Kier alpha value is -3.80.